The third-order valence-corrected chi connectivity index (χ3v) is 4.55. The van der Waals surface area contributed by atoms with Gasteiger partial charge in [-0.1, -0.05) is 40.0 Å². The van der Waals surface area contributed by atoms with Crippen LogP contribution in [0.15, 0.2) is 11.5 Å². The second kappa shape index (κ2) is 9.40. The molecule has 1 aliphatic rings. The summed E-state index contributed by atoms with van der Waals surface area (Å²) in [6, 6.07) is 0. The minimum atomic E-state index is -1.74. The third kappa shape index (κ3) is 4.46. The molecule has 0 radical (unpaired) electrons. The van der Waals surface area contributed by atoms with Gasteiger partial charge in [-0.15, -0.1) is 0 Å². The van der Waals surface area contributed by atoms with Crippen molar-refractivity contribution in [1.82, 2.24) is 0 Å². The van der Waals surface area contributed by atoms with E-state index in [4.69, 9.17) is 14.7 Å². The molecule has 0 aromatic heterocycles. The zero-order valence-electron chi connectivity index (χ0n) is 15.7. The van der Waals surface area contributed by atoms with Gasteiger partial charge in [0.2, 0.25) is 5.60 Å². The number of ether oxygens (including phenoxy) is 2. The molecule has 0 fully saturated rings. The molecule has 146 valence electrons. The highest BCUT2D eigenvalue weighted by molar-refractivity contribution is 5.90. The lowest BCUT2D eigenvalue weighted by Gasteiger charge is -2.44. The van der Waals surface area contributed by atoms with E-state index in [-0.39, 0.29) is 31.1 Å². The third-order valence-electron chi connectivity index (χ3n) is 4.55. The van der Waals surface area contributed by atoms with Crippen molar-refractivity contribution in [3.8, 4) is 0 Å². The molecule has 0 aliphatic carbocycles. The van der Waals surface area contributed by atoms with E-state index in [2.05, 4.69) is 11.8 Å². The monoisotopic (exact) mass is 360 g/mol. The van der Waals surface area contributed by atoms with Crippen LogP contribution >= 0.6 is 0 Å². The predicted molar refractivity (Wildman–Crippen MR) is 91.4 cm³/mol. The summed E-state index contributed by atoms with van der Waals surface area (Å²) in [5.41, 5.74) is -3.32. The van der Waals surface area contributed by atoms with Gasteiger partial charge in [0.15, 0.2) is 5.76 Å². The number of carbonyl (C=O) groups excluding carboxylic acids is 1. The Kier molecular flexibility index (Phi) is 8.18. The molecule has 0 unspecified atom stereocenters. The highest BCUT2D eigenvalue weighted by Crippen LogP contribution is 2.47. The van der Waals surface area contributed by atoms with Crippen LogP contribution in [0.3, 0.4) is 0 Å². The molecule has 25 heavy (non-hydrogen) atoms. The smallest absolute Gasteiger partial charge is 0.382 e. The minimum absolute atomic E-state index is 0.0327. The van der Waals surface area contributed by atoms with Crippen LogP contribution in [0.4, 0.5) is 0 Å². The number of unbranched alkanes of at least 4 members (excludes halogenated alkanes) is 3. The molecule has 1 heterocycles. The maximum atomic E-state index is 12.2. The summed E-state index contributed by atoms with van der Waals surface area (Å²) in [5.74, 6) is -1.38. The van der Waals surface area contributed by atoms with Crippen LogP contribution in [0, 0.1) is 5.92 Å². The Morgan fingerprint density at radius 2 is 1.92 bits per heavy atom. The maximum Gasteiger partial charge on any atom is 0.382 e. The molecule has 0 aromatic carbocycles. The zero-order valence-corrected chi connectivity index (χ0v) is 15.7. The Morgan fingerprint density at radius 3 is 2.40 bits per heavy atom. The number of cyclic esters (lactones) is 1. The molecule has 7 nitrogen and oxygen atoms in total. The molecule has 7 heteroatoms. The van der Waals surface area contributed by atoms with E-state index in [1.54, 1.807) is 6.92 Å². The van der Waals surface area contributed by atoms with Gasteiger partial charge < -0.3 is 24.6 Å². The van der Waals surface area contributed by atoms with E-state index >= 15 is 0 Å². The molecule has 0 spiro atoms. The van der Waals surface area contributed by atoms with Gasteiger partial charge in [0.1, 0.15) is 5.60 Å². The van der Waals surface area contributed by atoms with Gasteiger partial charge >= 0.3 is 5.97 Å². The first-order chi connectivity index (χ1) is 11.8. The van der Waals surface area contributed by atoms with Crippen molar-refractivity contribution in [3.63, 3.8) is 0 Å². The van der Waals surface area contributed by atoms with Crippen molar-refractivity contribution in [3.05, 3.63) is 11.5 Å². The number of hydrogen-bond acceptors (Lipinski definition) is 7. The van der Waals surface area contributed by atoms with Gasteiger partial charge in [-0.3, -0.25) is 0 Å². The number of rotatable bonds is 12. The van der Waals surface area contributed by atoms with Crippen LogP contribution in [0.25, 0.3) is 0 Å². The van der Waals surface area contributed by atoms with Crippen molar-refractivity contribution in [2.75, 3.05) is 13.2 Å². The highest BCUT2D eigenvalue weighted by Gasteiger charge is 2.63. The summed E-state index contributed by atoms with van der Waals surface area (Å²) < 4.78 is 11.1. The molecule has 0 aromatic rings. The molecule has 1 rings (SSSR count). The van der Waals surface area contributed by atoms with Crippen LogP contribution in [-0.4, -0.2) is 45.9 Å². The topological polar surface area (TPSA) is 105 Å². The fourth-order valence-corrected chi connectivity index (χ4v) is 3.47. The van der Waals surface area contributed by atoms with Gasteiger partial charge in [0, 0.05) is 0 Å². The summed E-state index contributed by atoms with van der Waals surface area (Å²) in [4.78, 5) is 16.4. The summed E-state index contributed by atoms with van der Waals surface area (Å²) in [7, 11) is 0. The van der Waals surface area contributed by atoms with Gasteiger partial charge in [0.05, 0.1) is 13.2 Å². The highest BCUT2D eigenvalue weighted by atomic mass is 17.1. The van der Waals surface area contributed by atoms with Gasteiger partial charge in [-0.05, 0) is 32.1 Å². The van der Waals surface area contributed by atoms with Gasteiger partial charge in [-0.2, -0.15) is 0 Å². The molecular weight excluding hydrogens is 328 g/mol. The SMILES string of the molecule is CCCCCC[C@]1([C@@](O)(CO)CC(C)C)OC(=O)C(OO)=C1OCC. The van der Waals surface area contributed by atoms with Crippen molar-refractivity contribution in [2.45, 2.75) is 77.4 Å². The molecular formula is C18H32O7. The summed E-state index contributed by atoms with van der Waals surface area (Å²) in [6.07, 6.45) is 4.04. The van der Waals surface area contributed by atoms with Crippen molar-refractivity contribution in [1.29, 1.82) is 0 Å². The summed E-state index contributed by atoms with van der Waals surface area (Å²) in [5, 5.41) is 30.3. The standard InChI is InChI=1S/C18H32O7/c1-5-7-8-9-10-18(17(21,12-19)11-13(3)4)15(23-6-2)14(25-22)16(20)24-18/h13,19,21-22H,5-12H2,1-4H3/t17-,18-/m0/s1. The molecule has 0 amide bonds. The lowest BCUT2D eigenvalue weighted by atomic mass is 9.73. The van der Waals surface area contributed by atoms with Crippen molar-refractivity contribution >= 4 is 5.97 Å². The average Bonchev–Trinajstić information content (AvgIpc) is 2.84. The van der Waals surface area contributed by atoms with Gasteiger partial charge in [-0.25, -0.2) is 10.1 Å². The second-order valence-electron chi connectivity index (χ2n) is 7.00. The van der Waals surface area contributed by atoms with Crippen LogP contribution in [0.5, 0.6) is 0 Å². The normalized spacial score (nSPS) is 23.0. The lowest BCUT2D eigenvalue weighted by Crippen LogP contribution is -2.59. The number of carbonyl (C=O) groups is 1. The zero-order chi connectivity index (χ0) is 19.1. The Hall–Kier alpha value is -1.31. The Labute approximate surface area is 149 Å². The van der Waals surface area contributed by atoms with E-state index < -0.39 is 29.5 Å². The Morgan fingerprint density at radius 1 is 1.24 bits per heavy atom. The average molecular weight is 360 g/mol. The number of hydrogen-bond donors (Lipinski definition) is 3. The first kappa shape index (κ1) is 21.7. The van der Waals surface area contributed by atoms with E-state index in [9.17, 15) is 15.0 Å². The molecule has 0 saturated heterocycles. The van der Waals surface area contributed by atoms with E-state index in [1.807, 2.05) is 13.8 Å². The molecule has 1 aliphatic heterocycles. The molecule has 3 N–H and O–H groups in total. The molecule has 2 atom stereocenters. The predicted octanol–water partition coefficient (Wildman–Crippen LogP) is 2.76. The minimum Gasteiger partial charge on any atom is -0.490 e. The van der Waals surface area contributed by atoms with E-state index in [1.165, 1.54) is 0 Å². The summed E-state index contributed by atoms with van der Waals surface area (Å²) >= 11 is 0. The molecule has 0 saturated carbocycles. The maximum absolute atomic E-state index is 12.2. The summed E-state index contributed by atoms with van der Waals surface area (Å²) in [6.45, 7) is 7.18. The van der Waals surface area contributed by atoms with Crippen LogP contribution < -0.4 is 0 Å². The lowest BCUT2D eigenvalue weighted by molar-refractivity contribution is -0.214. The Balaban J connectivity index is 3.36. The van der Waals surface area contributed by atoms with Gasteiger partial charge in [0.25, 0.3) is 5.76 Å². The fraction of sp³-hybridized carbons (Fsp3) is 0.833. The largest absolute Gasteiger partial charge is 0.490 e. The quantitative estimate of drug-likeness (QED) is 0.213. The van der Waals surface area contributed by atoms with Crippen molar-refractivity contribution < 1.29 is 34.6 Å². The van der Waals surface area contributed by atoms with E-state index in [0.717, 1.165) is 19.3 Å². The van der Waals surface area contributed by atoms with Crippen molar-refractivity contribution in [2.24, 2.45) is 5.92 Å². The second-order valence-corrected chi connectivity index (χ2v) is 7.00. The first-order valence-electron chi connectivity index (χ1n) is 9.07. The Bertz CT molecular complexity index is 474. The number of aliphatic hydroxyl groups excluding tert-OH is 1. The van der Waals surface area contributed by atoms with E-state index in [0.29, 0.717) is 6.42 Å². The first-order valence-corrected chi connectivity index (χ1v) is 9.07. The molecule has 0 bridgehead atoms. The number of aliphatic hydroxyl groups is 2. The van der Waals surface area contributed by atoms with Crippen LogP contribution in [0.1, 0.15) is 66.2 Å². The number of esters is 1. The van der Waals surface area contributed by atoms with Crippen LogP contribution in [-0.2, 0) is 19.2 Å². The van der Waals surface area contributed by atoms with Crippen LogP contribution in [0.2, 0.25) is 0 Å². The fourth-order valence-electron chi connectivity index (χ4n) is 3.47.